The molecule has 0 spiro atoms. The largest absolute Gasteiger partial charge is 0.387 e. The van der Waals surface area contributed by atoms with Crippen LogP contribution in [0, 0.1) is 0 Å². The zero-order valence-corrected chi connectivity index (χ0v) is 20.9. The summed E-state index contributed by atoms with van der Waals surface area (Å²) < 4.78 is 0. The highest BCUT2D eigenvalue weighted by atomic mass is 16.3. The predicted octanol–water partition coefficient (Wildman–Crippen LogP) is 3.11. The van der Waals surface area contributed by atoms with Gasteiger partial charge in [-0.05, 0) is 16.7 Å². The maximum Gasteiger partial charge on any atom is 0.0916 e. The van der Waals surface area contributed by atoms with Gasteiger partial charge >= 0.3 is 0 Å². The molecule has 4 rings (SSSR count). The molecule has 0 radical (unpaired) electrons. The van der Waals surface area contributed by atoms with E-state index >= 15 is 0 Å². The molecule has 3 aromatic rings. The summed E-state index contributed by atoms with van der Waals surface area (Å²) >= 11 is 0. The second kappa shape index (κ2) is 13.7. The van der Waals surface area contributed by atoms with Gasteiger partial charge in [0.15, 0.2) is 0 Å². The molecule has 6 heteroatoms. The van der Waals surface area contributed by atoms with Gasteiger partial charge in [-0.25, -0.2) is 0 Å². The number of β-amino-alcohol motifs (C(OH)–C–C–N with tert-alkyl or cyclic N) is 3. The van der Waals surface area contributed by atoms with E-state index in [-0.39, 0.29) is 0 Å². The van der Waals surface area contributed by atoms with Crippen molar-refractivity contribution in [1.82, 2.24) is 14.7 Å². The number of benzene rings is 3. The zero-order chi connectivity index (χ0) is 25.2. The van der Waals surface area contributed by atoms with Crippen LogP contribution in [0.3, 0.4) is 0 Å². The lowest BCUT2D eigenvalue weighted by molar-refractivity contribution is 0.0903. The molecule has 0 unspecified atom stereocenters. The van der Waals surface area contributed by atoms with E-state index in [9.17, 15) is 15.3 Å². The third kappa shape index (κ3) is 7.96. The maximum absolute atomic E-state index is 10.9. The van der Waals surface area contributed by atoms with Crippen molar-refractivity contribution in [3.8, 4) is 0 Å². The van der Waals surface area contributed by atoms with E-state index < -0.39 is 18.3 Å². The van der Waals surface area contributed by atoms with Crippen molar-refractivity contribution in [3.05, 3.63) is 108 Å². The molecule has 3 aromatic carbocycles. The van der Waals surface area contributed by atoms with Gasteiger partial charge in [0.2, 0.25) is 0 Å². The quantitative estimate of drug-likeness (QED) is 0.429. The van der Waals surface area contributed by atoms with Gasteiger partial charge in [0.05, 0.1) is 18.3 Å². The Morgan fingerprint density at radius 2 is 0.639 bits per heavy atom. The van der Waals surface area contributed by atoms with Crippen molar-refractivity contribution in [2.75, 3.05) is 58.9 Å². The minimum absolute atomic E-state index is 0.550. The molecule has 192 valence electrons. The Kier molecular flexibility index (Phi) is 10.0. The highest BCUT2D eigenvalue weighted by Crippen LogP contribution is 2.18. The van der Waals surface area contributed by atoms with Crippen LogP contribution in [0.5, 0.6) is 0 Å². The van der Waals surface area contributed by atoms with E-state index in [0.29, 0.717) is 19.6 Å². The molecule has 0 aliphatic carbocycles. The first kappa shape index (κ1) is 26.5. The molecule has 3 N–H and O–H groups in total. The maximum atomic E-state index is 10.9. The van der Waals surface area contributed by atoms with Crippen LogP contribution in [-0.4, -0.2) is 88.9 Å². The Hall–Kier alpha value is -2.58. The van der Waals surface area contributed by atoms with Gasteiger partial charge in [-0.3, -0.25) is 14.7 Å². The molecular weight excluding hydrogens is 450 g/mol. The average molecular weight is 490 g/mol. The topological polar surface area (TPSA) is 70.4 Å². The highest BCUT2D eigenvalue weighted by molar-refractivity contribution is 5.19. The third-order valence-corrected chi connectivity index (χ3v) is 7.04. The molecule has 6 nitrogen and oxygen atoms in total. The molecule has 1 fully saturated rings. The Morgan fingerprint density at radius 1 is 0.417 bits per heavy atom. The second-order valence-electron chi connectivity index (χ2n) is 9.68. The van der Waals surface area contributed by atoms with E-state index in [0.717, 1.165) is 56.0 Å². The number of hydrogen-bond donors (Lipinski definition) is 3. The summed E-state index contributed by atoms with van der Waals surface area (Å²) in [6.07, 6.45) is -1.67. The highest BCUT2D eigenvalue weighted by Gasteiger charge is 2.22. The first-order valence-corrected chi connectivity index (χ1v) is 12.9. The fourth-order valence-electron chi connectivity index (χ4n) is 4.81. The van der Waals surface area contributed by atoms with Gasteiger partial charge in [-0.2, -0.15) is 0 Å². The molecule has 0 saturated carbocycles. The molecule has 0 aromatic heterocycles. The van der Waals surface area contributed by atoms with Crippen LogP contribution >= 0.6 is 0 Å². The van der Waals surface area contributed by atoms with Gasteiger partial charge in [-0.15, -0.1) is 0 Å². The first-order chi connectivity index (χ1) is 17.6. The summed E-state index contributed by atoms with van der Waals surface area (Å²) in [6, 6.07) is 29.4. The van der Waals surface area contributed by atoms with E-state index in [1.54, 1.807) is 0 Å². The Morgan fingerprint density at radius 3 is 0.861 bits per heavy atom. The Bertz CT molecular complexity index is 862. The summed E-state index contributed by atoms with van der Waals surface area (Å²) in [7, 11) is 0. The summed E-state index contributed by atoms with van der Waals surface area (Å²) in [6.45, 7) is 6.49. The fraction of sp³-hybridized carbons (Fsp3) is 0.400. The smallest absolute Gasteiger partial charge is 0.0916 e. The molecule has 1 saturated heterocycles. The van der Waals surface area contributed by atoms with Crippen molar-refractivity contribution < 1.29 is 15.3 Å². The molecule has 0 bridgehead atoms. The van der Waals surface area contributed by atoms with Crippen LogP contribution in [0.15, 0.2) is 91.0 Å². The monoisotopic (exact) mass is 489 g/mol. The lowest BCUT2D eigenvalue weighted by atomic mass is 10.1. The van der Waals surface area contributed by atoms with Crippen molar-refractivity contribution in [2.24, 2.45) is 0 Å². The molecular formula is C30H39N3O3. The molecule has 1 aliphatic heterocycles. The minimum atomic E-state index is -0.557. The SMILES string of the molecule is O[C@@H](CN1CCN(C[C@H](O)c2ccccc2)CCN(C[C@H](O)c2ccccc2)CC1)c1ccccc1. The molecule has 36 heavy (non-hydrogen) atoms. The van der Waals surface area contributed by atoms with E-state index in [1.807, 2.05) is 91.0 Å². The Labute approximate surface area is 215 Å². The number of rotatable bonds is 9. The van der Waals surface area contributed by atoms with Crippen molar-refractivity contribution in [3.63, 3.8) is 0 Å². The molecule has 1 aliphatic rings. The van der Waals surface area contributed by atoms with E-state index in [1.165, 1.54) is 0 Å². The number of hydrogen-bond acceptors (Lipinski definition) is 6. The summed E-state index contributed by atoms with van der Waals surface area (Å²) in [4.78, 5) is 6.90. The average Bonchev–Trinajstić information content (AvgIpc) is 3.01. The summed E-state index contributed by atoms with van der Waals surface area (Å²) in [5.74, 6) is 0. The van der Waals surface area contributed by atoms with Crippen LogP contribution in [0.4, 0.5) is 0 Å². The van der Waals surface area contributed by atoms with Crippen LogP contribution < -0.4 is 0 Å². The van der Waals surface area contributed by atoms with Gasteiger partial charge < -0.3 is 15.3 Å². The second-order valence-corrected chi connectivity index (χ2v) is 9.68. The normalized spacial score (nSPS) is 19.1. The predicted molar refractivity (Wildman–Crippen MR) is 144 cm³/mol. The van der Waals surface area contributed by atoms with Gasteiger partial charge in [0.25, 0.3) is 0 Å². The van der Waals surface area contributed by atoms with Crippen LogP contribution in [0.2, 0.25) is 0 Å². The van der Waals surface area contributed by atoms with Crippen molar-refractivity contribution in [2.45, 2.75) is 18.3 Å². The zero-order valence-electron chi connectivity index (χ0n) is 20.9. The first-order valence-electron chi connectivity index (χ1n) is 12.9. The summed E-state index contributed by atoms with van der Waals surface area (Å²) in [5.41, 5.74) is 2.76. The van der Waals surface area contributed by atoms with E-state index in [2.05, 4.69) is 14.7 Å². The standard InChI is InChI=1S/C30H39N3O3/c34-28(25-10-4-1-5-11-25)22-31-16-18-32(23-29(35)26-12-6-2-7-13-26)20-21-33(19-17-31)24-30(36)27-14-8-3-9-15-27/h1-15,28-30,34-36H,16-24H2/t28-,29-,30-/m0/s1. The van der Waals surface area contributed by atoms with E-state index in [4.69, 9.17) is 0 Å². The van der Waals surface area contributed by atoms with Gasteiger partial charge in [-0.1, -0.05) is 91.0 Å². The van der Waals surface area contributed by atoms with Crippen molar-refractivity contribution >= 4 is 0 Å². The van der Waals surface area contributed by atoms with Gasteiger partial charge in [0, 0.05) is 58.9 Å². The van der Waals surface area contributed by atoms with Crippen LogP contribution in [0.1, 0.15) is 35.0 Å². The third-order valence-electron chi connectivity index (χ3n) is 7.04. The summed E-state index contributed by atoms with van der Waals surface area (Å²) in [5, 5.41) is 32.6. The molecule has 1 heterocycles. The van der Waals surface area contributed by atoms with Crippen molar-refractivity contribution in [1.29, 1.82) is 0 Å². The minimum Gasteiger partial charge on any atom is -0.387 e. The number of nitrogens with zero attached hydrogens (tertiary/aromatic N) is 3. The van der Waals surface area contributed by atoms with Crippen LogP contribution in [-0.2, 0) is 0 Å². The Balaban J connectivity index is 1.44. The lowest BCUT2D eigenvalue weighted by Crippen LogP contribution is -2.39. The van der Waals surface area contributed by atoms with Gasteiger partial charge in [0.1, 0.15) is 0 Å². The van der Waals surface area contributed by atoms with Crippen LogP contribution in [0.25, 0.3) is 0 Å². The number of aliphatic hydroxyl groups is 3. The molecule has 0 amide bonds. The molecule has 3 atom stereocenters. The fourth-order valence-corrected chi connectivity index (χ4v) is 4.81. The lowest BCUT2D eigenvalue weighted by Gasteiger charge is -2.28. The number of aliphatic hydroxyl groups excluding tert-OH is 3.